The summed E-state index contributed by atoms with van der Waals surface area (Å²) in [4.78, 5) is 10.7. The first-order valence-corrected chi connectivity index (χ1v) is 12.5. The van der Waals surface area contributed by atoms with Crippen molar-refractivity contribution in [3.63, 3.8) is 0 Å². The van der Waals surface area contributed by atoms with Gasteiger partial charge in [-0.05, 0) is 0 Å². The molecule has 0 saturated carbocycles. The van der Waals surface area contributed by atoms with Gasteiger partial charge >= 0.3 is 81.2 Å². The zero-order chi connectivity index (χ0) is 9.07. The molecule has 6 heteroatoms. The second-order valence-corrected chi connectivity index (χ2v) is 18.9. The molecule has 0 spiro atoms. The van der Waals surface area contributed by atoms with Crippen LogP contribution < -0.4 is 0 Å². The van der Waals surface area contributed by atoms with Crippen molar-refractivity contribution >= 4 is 46.5 Å². The quantitative estimate of drug-likeness (QED) is 0.586. The predicted octanol–water partition coefficient (Wildman–Crippen LogP) is 2.59. The van der Waals surface area contributed by atoms with Crippen molar-refractivity contribution in [3.05, 3.63) is 0 Å². The van der Waals surface area contributed by atoms with Crippen LogP contribution in [0.2, 0.25) is 4.75 Å². The van der Waals surface area contributed by atoms with Crippen molar-refractivity contribution in [2.75, 3.05) is 7.11 Å². The summed E-state index contributed by atoms with van der Waals surface area (Å²) < 4.78 is 4.29. The number of halogens is 3. The Labute approximate surface area is 81.0 Å². The molecule has 0 aliphatic carbocycles. The van der Waals surface area contributed by atoms with Crippen LogP contribution in [-0.2, 0) is 9.53 Å². The zero-order valence-electron chi connectivity index (χ0n) is 6.23. The average Bonchev–Trinajstić information content (AvgIpc) is 1.85. The molecule has 0 rings (SSSR count). The van der Waals surface area contributed by atoms with Crippen LogP contribution in [-0.4, -0.2) is 23.6 Å². The Morgan fingerprint density at radius 1 is 1.55 bits per heavy atom. The molecule has 0 fully saturated rings. The van der Waals surface area contributed by atoms with E-state index >= 15 is 0 Å². The molecule has 0 amide bonds. The Balaban J connectivity index is 3.87. The van der Waals surface area contributed by atoms with Crippen LogP contribution in [0.4, 0.5) is 0 Å². The topological polar surface area (TPSA) is 26.3 Å². The van der Waals surface area contributed by atoms with E-state index in [2.05, 4.69) is 4.74 Å². The number of methoxy groups -OCH3 is 1. The fourth-order valence-electron chi connectivity index (χ4n) is 0.449. The second kappa shape index (κ2) is 4.80. The molecule has 0 bridgehead atoms. The Morgan fingerprint density at radius 3 is 2.27 bits per heavy atom. The van der Waals surface area contributed by atoms with E-state index in [1.165, 1.54) is 7.11 Å². The van der Waals surface area contributed by atoms with Crippen LogP contribution in [0.25, 0.3) is 0 Å². The first-order valence-electron chi connectivity index (χ1n) is 3.01. The van der Waals surface area contributed by atoms with Crippen molar-refractivity contribution in [2.24, 2.45) is 0 Å². The first-order chi connectivity index (χ1) is 4.88. The minimum absolute atomic E-state index is 0.146. The molecule has 11 heavy (non-hydrogen) atoms. The monoisotopic (exact) mass is 280 g/mol. The molecule has 0 radical (unpaired) electrons. The number of rotatable bonds is 3. The van der Waals surface area contributed by atoms with Crippen LogP contribution in [0.5, 0.6) is 0 Å². The van der Waals surface area contributed by atoms with Gasteiger partial charge < -0.3 is 0 Å². The van der Waals surface area contributed by atoms with E-state index in [0.29, 0.717) is 0 Å². The molecule has 0 aromatic heterocycles. The van der Waals surface area contributed by atoms with Crippen LogP contribution in [0.15, 0.2) is 0 Å². The van der Waals surface area contributed by atoms with Crippen LogP contribution >= 0.6 is 30.0 Å². The van der Waals surface area contributed by atoms with Gasteiger partial charge in [0.05, 0.1) is 0 Å². The van der Waals surface area contributed by atoms with E-state index in [0.717, 1.165) is 0 Å². The molecule has 0 aromatic rings. The average molecular weight is 280 g/mol. The molecule has 1 atom stereocenters. The Bertz CT molecular complexity index is 145. The first kappa shape index (κ1) is 11.9. The van der Waals surface area contributed by atoms with E-state index in [1.807, 2.05) is 0 Å². The summed E-state index contributed by atoms with van der Waals surface area (Å²) in [6.45, 7) is 1.75. The van der Waals surface area contributed by atoms with E-state index in [4.69, 9.17) is 30.0 Å². The molecule has 0 N–H and O–H groups in total. The summed E-state index contributed by atoms with van der Waals surface area (Å²) in [6, 6.07) is 0. The number of hydrogen-bond acceptors (Lipinski definition) is 2. The van der Waals surface area contributed by atoms with Gasteiger partial charge in [-0.1, -0.05) is 0 Å². The zero-order valence-corrected chi connectivity index (χ0v) is 10.6. The summed E-state index contributed by atoms with van der Waals surface area (Å²) >= 11 is 0. The molecule has 66 valence electrons. The fourth-order valence-corrected chi connectivity index (χ4v) is 2.49. The molecule has 0 aliphatic rings. The summed E-state index contributed by atoms with van der Waals surface area (Å²) in [5.41, 5.74) is 0. The molecular formula is C5H9Cl3GeO2. The molecule has 0 saturated heterocycles. The molecule has 0 heterocycles. The van der Waals surface area contributed by atoms with Gasteiger partial charge in [-0.15, -0.1) is 0 Å². The van der Waals surface area contributed by atoms with Gasteiger partial charge in [0.1, 0.15) is 0 Å². The third-order valence-electron chi connectivity index (χ3n) is 1.26. The summed E-state index contributed by atoms with van der Waals surface area (Å²) in [6.07, 6.45) is 0.201. The van der Waals surface area contributed by atoms with Gasteiger partial charge in [-0.3, -0.25) is 0 Å². The fraction of sp³-hybridized carbons (Fsp3) is 0.800. The second-order valence-electron chi connectivity index (χ2n) is 2.22. The Hall–Kier alpha value is 0.883. The predicted molar refractivity (Wildman–Crippen MR) is 49.4 cm³/mol. The molecule has 2 nitrogen and oxygen atoms in total. The summed E-state index contributed by atoms with van der Waals surface area (Å²) in [5, 5.41) is 0. The van der Waals surface area contributed by atoms with E-state index < -0.39 is 10.5 Å². The van der Waals surface area contributed by atoms with Gasteiger partial charge in [-0.25, -0.2) is 0 Å². The maximum atomic E-state index is 10.7. The summed E-state index contributed by atoms with van der Waals surface area (Å²) in [5.74, 6) is -0.325. The van der Waals surface area contributed by atoms with Gasteiger partial charge in [0, 0.05) is 0 Å². The number of ether oxygens (including phenoxy) is 1. The number of carbonyl (C=O) groups is 1. The van der Waals surface area contributed by atoms with Gasteiger partial charge in [0.15, 0.2) is 0 Å². The summed E-state index contributed by atoms with van der Waals surface area (Å²) in [7, 11) is 15.2. The maximum absolute atomic E-state index is 10.7. The van der Waals surface area contributed by atoms with Crippen LogP contribution in [0.3, 0.4) is 0 Å². The third kappa shape index (κ3) is 5.17. The van der Waals surface area contributed by atoms with Gasteiger partial charge in [-0.2, -0.15) is 0 Å². The molecule has 0 aromatic carbocycles. The van der Waals surface area contributed by atoms with Crippen LogP contribution in [0, 0.1) is 0 Å². The number of esters is 1. The SMILES string of the molecule is COC(=O)C[CH](C)[Ge]([Cl])([Cl])[Cl]. The molecule has 1 unspecified atom stereocenters. The van der Waals surface area contributed by atoms with Crippen LogP contribution in [0.1, 0.15) is 13.3 Å². The number of carbonyl (C=O) groups excluding carboxylic acids is 1. The van der Waals surface area contributed by atoms with E-state index in [-0.39, 0.29) is 17.1 Å². The normalized spacial score (nSPS) is 14.3. The third-order valence-corrected chi connectivity index (χ3v) is 9.84. The standard InChI is InChI=1S/C5H9Cl3GeO2/c1-4(9(6,7)8)3-5(10)11-2/h4H,3H2,1-2H3. The van der Waals surface area contributed by atoms with Crippen molar-refractivity contribution in [1.82, 2.24) is 0 Å². The minimum atomic E-state index is -3.19. The number of hydrogen-bond donors (Lipinski definition) is 0. The van der Waals surface area contributed by atoms with Gasteiger partial charge in [0.25, 0.3) is 0 Å². The van der Waals surface area contributed by atoms with E-state index in [9.17, 15) is 4.79 Å². The van der Waals surface area contributed by atoms with E-state index in [1.54, 1.807) is 6.92 Å². The van der Waals surface area contributed by atoms with Crippen molar-refractivity contribution in [2.45, 2.75) is 18.1 Å². The Kier molecular flexibility index (Phi) is 5.18. The Morgan fingerprint density at radius 2 is 2.00 bits per heavy atom. The van der Waals surface area contributed by atoms with Crippen molar-refractivity contribution in [1.29, 1.82) is 0 Å². The van der Waals surface area contributed by atoms with Gasteiger partial charge in [0.2, 0.25) is 0 Å². The molecular weight excluding hydrogens is 271 g/mol. The van der Waals surface area contributed by atoms with Crippen molar-refractivity contribution in [3.8, 4) is 0 Å². The van der Waals surface area contributed by atoms with Crippen molar-refractivity contribution < 1.29 is 9.53 Å². The molecule has 0 aliphatic heterocycles.